The number of hydrogen-bond donors (Lipinski definition) is 1. The van der Waals surface area contributed by atoms with E-state index in [1.807, 2.05) is 36.1 Å². The Morgan fingerprint density at radius 2 is 2.10 bits per heavy atom. The molecular weight excluding hydrogens is 252 g/mol. The number of hydrogen-bond acceptors (Lipinski definition) is 3. The topological polar surface area (TPSA) is 41.6 Å². The van der Waals surface area contributed by atoms with E-state index in [4.69, 9.17) is 4.74 Å². The summed E-state index contributed by atoms with van der Waals surface area (Å²) in [7, 11) is 0. The molecule has 3 rings (SSSR count). The highest BCUT2D eigenvalue weighted by Crippen LogP contribution is 2.26. The summed E-state index contributed by atoms with van der Waals surface area (Å²) in [5, 5.41) is 3.39. The zero-order valence-electron chi connectivity index (χ0n) is 12.0. The Balaban J connectivity index is 1.43. The summed E-state index contributed by atoms with van der Waals surface area (Å²) >= 11 is 0. The van der Waals surface area contributed by atoms with Crippen LogP contribution in [0.15, 0.2) is 24.3 Å². The summed E-state index contributed by atoms with van der Waals surface area (Å²) in [6.07, 6.45) is 0.473. The molecule has 2 saturated heterocycles. The fraction of sp³-hybridized carbons (Fsp3) is 0.562. The summed E-state index contributed by atoms with van der Waals surface area (Å²) in [6, 6.07) is 7.94. The Labute approximate surface area is 120 Å². The second-order valence-corrected chi connectivity index (χ2v) is 5.89. The fourth-order valence-electron chi connectivity index (χ4n) is 3.18. The van der Waals surface area contributed by atoms with Gasteiger partial charge in [0.15, 0.2) is 0 Å². The van der Waals surface area contributed by atoms with Crippen LogP contribution in [0.4, 0.5) is 0 Å². The summed E-state index contributed by atoms with van der Waals surface area (Å²) < 4.78 is 5.65. The molecule has 1 aromatic rings. The predicted molar refractivity (Wildman–Crippen MR) is 77.7 cm³/mol. The van der Waals surface area contributed by atoms with E-state index < -0.39 is 0 Å². The average Bonchev–Trinajstić information content (AvgIpc) is 2.99. The van der Waals surface area contributed by atoms with Crippen LogP contribution in [0.3, 0.4) is 0 Å². The van der Waals surface area contributed by atoms with Gasteiger partial charge in [-0.05, 0) is 36.5 Å². The van der Waals surface area contributed by atoms with Crippen molar-refractivity contribution < 1.29 is 9.53 Å². The Bertz CT molecular complexity index is 477. The van der Waals surface area contributed by atoms with E-state index in [0.29, 0.717) is 24.9 Å². The van der Waals surface area contributed by atoms with Crippen LogP contribution in [0.5, 0.6) is 5.75 Å². The van der Waals surface area contributed by atoms with E-state index in [1.54, 1.807) is 0 Å². The molecule has 1 aromatic carbocycles. The maximum absolute atomic E-state index is 12.2. The lowest BCUT2D eigenvalue weighted by Crippen LogP contribution is -2.32. The molecule has 2 aliphatic rings. The zero-order valence-corrected chi connectivity index (χ0v) is 12.0. The lowest BCUT2D eigenvalue weighted by Gasteiger charge is -2.17. The van der Waals surface area contributed by atoms with Gasteiger partial charge < -0.3 is 15.0 Å². The summed E-state index contributed by atoms with van der Waals surface area (Å²) in [5.41, 5.74) is 1.17. The van der Waals surface area contributed by atoms with E-state index >= 15 is 0 Å². The smallest absolute Gasteiger partial charge is 0.226 e. The number of nitrogens with one attached hydrogen (secondary N) is 1. The number of aryl methyl sites for hydroxylation is 1. The number of ether oxygens (including phenoxy) is 1. The zero-order chi connectivity index (χ0) is 13.9. The molecule has 2 fully saturated rings. The molecule has 2 heterocycles. The normalized spacial score (nSPS) is 24.8. The Morgan fingerprint density at radius 1 is 1.35 bits per heavy atom. The molecule has 1 amide bonds. The molecule has 0 bridgehead atoms. The maximum atomic E-state index is 12.2. The van der Waals surface area contributed by atoms with E-state index in [9.17, 15) is 4.79 Å². The number of rotatable bonds is 4. The van der Waals surface area contributed by atoms with Gasteiger partial charge in [-0.1, -0.05) is 12.1 Å². The summed E-state index contributed by atoms with van der Waals surface area (Å²) in [5.74, 6) is 2.40. The lowest BCUT2D eigenvalue weighted by molar-refractivity contribution is -0.130. The highest BCUT2D eigenvalue weighted by atomic mass is 16.5. The van der Waals surface area contributed by atoms with Gasteiger partial charge in [0, 0.05) is 26.2 Å². The second-order valence-electron chi connectivity index (χ2n) is 5.89. The molecule has 4 nitrogen and oxygen atoms in total. The van der Waals surface area contributed by atoms with Crippen LogP contribution in [0, 0.1) is 18.8 Å². The third kappa shape index (κ3) is 2.96. The van der Waals surface area contributed by atoms with Gasteiger partial charge in [0.2, 0.25) is 5.91 Å². The molecule has 1 N–H and O–H groups in total. The minimum atomic E-state index is 0.229. The van der Waals surface area contributed by atoms with Gasteiger partial charge in [-0.3, -0.25) is 4.79 Å². The van der Waals surface area contributed by atoms with E-state index in [1.165, 1.54) is 5.56 Å². The first kappa shape index (κ1) is 13.4. The monoisotopic (exact) mass is 274 g/mol. The predicted octanol–water partition coefficient (Wildman–Crippen LogP) is 1.44. The van der Waals surface area contributed by atoms with Gasteiger partial charge in [0.1, 0.15) is 5.75 Å². The number of fused-ring (bicyclic) bond motifs is 1. The van der Waals surface area contributed by atoms with Crippen LogP contribution in [-0.4, -0.2) is 43.6 Å². The first-order chi connectivity index (χ1) is 9.72. The summed E-state index contributed by atoms with van der Waals surface area (Å²) in [4.78, 5) is 14.2. The first-order valence-electron chi connectivity index (χ1n) is 7.40. The van der Waals surface area contributed by atoms with Crippen LogP contribution < -0.4 is 10.1 Å². The van der Waals surface area contributed by atoms with Crippen molar-refractivity contribution >= 4 is 5.91 Å². The van der Waals surface area contributed by atoms with Crippen molar-refractivity contribution in [3.63, 3.8) is 0 Å². The van der Waals surface area contributed by atoms with Crippen molar-refractivity contribution in [1.29, 1.82) is 0 Å². The third-order valence-corrected chi connectivity index (χ3v) is 4.32. The molecule has 2 atom stereocenters. The molecule has 0 aliphatic carbocycles. The van der Waals surface area contributed by atoms with Crippen molar-refractivity contribution in [3.8, 4) is 5.75 Å². The highest BCUT2D eigenvalue weighted by molar-refractivity contribution is 5.76. The minimum absolute atomic E-state index is 0.229. The number of likely N-dealkylation sites (tertiary alicyclic amines) is 1. The number of amides is 1. The quantitative estimate of drug-likeness (QED) is 0.903. The van der Waals surface area contributed by atoms with Crippen LogP contribution in [0.25, 0.3) is 0 Å². The number of benzene rings is 1. The van der Waals surface area contributed by atoms with Gasteiger partial charge in [0.05, 0.1) is 13.0 Å². The van der Waals surface area contributed by atoms with Crippen LogP contribution in [0.2, 0.25) is 0 Å². The molecule has 0 radical (unpaired) electrons. The number of carbonyl (C=O) groups is 1. The van der Waals surface area contributed by atoms with Crippen LogP contribution in [0.1, 0.15) is 12.0 Å². The molecule has 20 heavy (non-hydrogen) atoms. The van der Waals surface area contributed by atoms with E-state index in [0.717, 1.165) is 31.9 Å². The molecule has 0 spiro atoms. The molecule has 0 aromatic heterocycles. The standard InChI is InChI=1S/C16H22N2O2/c1-12-3-2-4-15(7-12)20-6-5-16(19)18-10-13-8-17-9-14(13)11-18/h2-4,7,13-14,17H,5-6,8-11H2,1H3. The summed E-state index contributed by atoms with van der Waals surface area (Å²) in [6.45, 7) is 6.46. The number of nitrogens with zero attached hydrogens (tertiary/aromatic N) is 1. The van der Waals surface area contributed by atoms with E-state index in [2.05, 4.69) is 5.32 Å². The van der Waals surface area contributed by atoms with Crippen molar-refractivity contribution in [1.82, 2.24) is 10.2 Å². The number of carbonyl (C=O) groups excluding carboxylic acids is 1. The molecule has 108 valence electrons. The minimum Gasteiger partial charge on any atom is -0.493 e. The molecule has 2 unspecified atom stereocenters. The van der Waals surface area contributed by atoms with E-state index in [-0.39, 0.29) is 5.91 Å². The van der Waals surface area contributed by atoms with Crippen molar-refractivity contribution in [2.75, 3.05) is 32.8 Å². The molecule has 2 aliphatic heterocycles. The third-order valence-electron chi connectivity index (χ3n) is 4.32. The largest absolute Gasteiger partial charge is 0.493 e. The Morgan fingerprint density at radius 3 is 2.80 bits per heavy atom. The SMILES string of the molecule is Cc1cccc(OCCC(=O)N2CC3CNCC3C2)c1. The van der Waals surface area contributed by atoms with Gasteiger partial charge in [-0.2, -0.15) is 0 Å². The Hall–Kier alpha value is -1.55. The van der Waals surface area contributed by atoms with Gasteiger partial charge >= 0.3 is 0 Å². The highest BCUT2D eigenvalue weighted by Gasteiger charge is 2.37. The molecular formula is C16H22N2O2. The van der Waals surface area contributed by atoms with Crippen LogP contribution >= 0.6 is 0 Å². The second kappa shape index (κ2) is 5.83. The van der Waals surface area contributed by atoms with Crippen molar-refractivity contribution in [3.05, 3.63) is 29.8 Å². The Kier molecular flexibility index (Phi) is 3.92. The van der Waals surface area contributed by atoms with Gasteiger partial charge in [0.25, 0.3) is 0 Å². The van der Waals surface area contributed by atoms with Gasteiger partial charge in [-0.15, -0.1) is 0 Å². The van der Waals surface area contributed by atoms with Gasteiger partial charge in [-0.25, -0.2) is 0 Å². The first-order valence-corrected chi connectivity index (χ1v) is 7.40. The van der Waals surface area contributed by atoms with Crippen LogP contribution in [-0.2, 0) is 4.79 Å². The lowest BCUT2D eigenvalue weighted by atomic mass is 10.0. The average molecular weight is 274 g/mol. The molecule has 4 heteroatoms. The maximum Gasteiger partial charge on any atom is 0.226 e. The van der Waals surface area contributed by atoms with Crippen molar-refractivity contribution in [2.45, 2.75) is 13.3 Å². The molecule has 0 saturated carbocycles. The fourth-order valence-corrected chi connectivity index (χ4v) is 3.18. The van der Waals surface area contributed by atoms with Crippen molar-refractivity contribution in [2.24, 2.45) is 11.8 Å².